The van der Waals surface area contributed by atoms with Crippen molar-refractivity contribution in [3.8, 4) is 0 Å². The molecule has 1 unspecified atom stereocenters. The molecule has 1 aromatic carbocycles. The molecule has 1 amide bonds. The van der Waals surface area contributed by atoms with Gasteiger partial charge in [-0.25, -0.2) is 4.79 Å². The molecule has 0 aliphatic heterocycles. The monoisotopic (exact) mass is 266 g/mol. The molecule has 0 saturated heterocycles. The number of rotatable bonds is 5. The second-order valence-corrected chi connectivity index (χ2v) is 3.98. The number of ether oxygens (including phenoxy) is 1. The summed E-state index contributed by atoms with van der Waals surface area (Å²) >= 11 is 0. The van der Waals surface area contributed by atoms with E-state index in [0.717, 1.165) is 12.1 Å². The number of amides is 1. The molecule has 1 rings (SSSR count). The predicted molar refractivity (Wildman–Crippen MR) is 66.8 cm³/mol. The Labute approximate surface area is 109 Å². The van der Waals surface area contributed by atoms with Crippen LogP contribution in [0.5, 0.6) is 0 Å². The lowest BCUT2D eigenvalue weighted by Crippen LogP contribution is -2.20. The molecule has 7 heteroatoms. The van der Waals surface area contributed by atoms with Gasteiger partial charge >= 0.3 is 5.97 Å². The summed E-state index contributed by atoms with van der Waals surface area (Å²) in [6.45, 7) is 3.54. The number of benzene rings is 1. The van der Waals surface area contributed by atoms with E-state index in [-0.39, 0.29) is 22.9 Å². The highest BCUT2D eigenvalue weighted by molar-refractivity contribution is 6.05. The Morgan fingerprint density at radius 3 is 2.53 bits per heavy atom. The third-order valence-corrected chi connectivity index (χ3v) is 2.58. The largest absolute Gasteiger partial charge is 0.459 e. The number of non-ortho nitro benzene ring substituents is 1. The molecule has 0 heterocycles. The van der Waals surface area contributed by atoms with Crippen molar-refractivity contribution in [1.29, 1.82) is 0 Å². The zero-order chi connectivity index (χ0) is 14.6. The highest BCUT2D eigenvalue weighted by atomic mass is 16.6. The Hall–Kier alpha value is -2.44. The topological polar surface area (TPSA) is 113 Å². The summed E-state index contributed by atoms with van der Waals surface area (Å²) in [5.74, 6) is -1.64. The molecule has 0 radical (unpaired) electrons. The summed E-state index contributed by atoms with van der Waals surface area (Å²) in [5, 5.41) is 10.6. The van der Waals surface area contributed by atoms with Crippen LogP contribution in [0.4, 0.5) is 5.69 Å². The summed E-state index contributed by atoms with van der Waals surface area (Å²) in [6.07, 6.45) is 0.299. The van der Waals surface area contributed by atoms with E-state index in [0.29, 0.717) is 6.42 Å². The van der Waals surface area contributed by atoms with Gasteiger partial charge in [0.25, 0.3) is 5.69 Å². The molecule has 1 atom stereocenters. The molecule has 2 N–H and O–H groups in total. The van der Waals surface area contributed by atoms with Crippen molar-refractivity contribution >= 4 is 17.6 Å². The molecule has 7 nitrogen and oxygen atoms in total. The van der Waals surface area contributed by atoms with Crippen molar-refractivity contribution in [2.75, 3.05) is 0 Å². The summed E-state index contributed by atoms with van der Waals surface area (Å²) in [5.41, 5.74) is 4.51. The maximum Gasteiger partial charge on any atom is 0.339 e. The second kappa shape index (κ2) is 5.94. The number of hydrogen-bond donors (Lipinski definition) is 1. The average Bonchev–Trinajstić information content (AvgIpc) is 2.37. The van der Waals surface area contributed by atoms with Gasteiger partial charge in [-0.15, -0.1) is 0 Å². The second-order valence-electron chi connectivity index (χ2n) is 3.98. The van der Waals surface area contributed by atoms with E-state index in [9.17, 15) is 19.7 Å². The van der Waals surface area contributed by atoms with Gasteiger partial charge in [0.2, 0.25) is 5.91 Å². The smallest absolute Gasteiger partial charge is 0.339 e. The predicted octanol–water partition coefficient (Wildman–Crippen LogP) is 1.65. The Morgan fingerprint density at radius 2 is 2.05 bits per heavy atom. The van der Waals surface area contributed by atoms with Gasteiger partial charge in [-0.3, -0.25) is 14.9 Å². The molecular weight excluding hydrogens is 252 g/mol. The van der Waals surface area contributed by atoms with Gasteiger partial charge in [0.15, 0.2) is 0 Å². The molecule has 0 spiro atoms. The number of nitro groups is 1. The van der Waals surface area contributed by atoms with Gasteiger partial charge in [0, 0.05) is 12.1 Å². The van der Waals surface area contributed by atoms with Crippen LogP contribution in [0.2, 0.25) is 0 Å². The number of carbonyl (C=O) groups is 2. The Bertz CT molecular complexity index is 527. The molecule has 0 saturated carbocycles. The summed E-state index contributed by atoms with van der Waals surface area (Å²) < 4.78 is 5.06. The SMILES string of the molecule is CCC(C)OC(=O)c1ccc([N+](=O)[O-])cc1C(N)=O. The number of primary amides is 1. The molecule has 0 aromatic heterocycles. The van der Waals surface area contributed by atoms with Crippen LogP contribution in [0.3, 0.4) is 0 Å². The molecule has 19 heavy (non-hydrogen) atoms. The fourth-order valence-electron chi connectivity index (χ4n) is 1.36. The van der Waals surface area contributed by atoms with Gasteiger partial charge < -0.3 is 10.5 Å². The van der Waals surface area contributed by atoms with Crippen molar-refractivity contribution in [3.05, 3.63) is 39.4 Å². The number of hydrogen-bond acceptors (Lipinski definition) is 5. The highest BCUT2D eigenvalue weighted by Crippen LogP contribution is 2.19. The minimum absolute atomic E-state index is 0.0709. The molecule has 0 fully saturated rings. The van der Waals surface area contributed by atoms with Crippen LogP contribution in [-0.4, -0.2) is 22.9 Å². The maximum atomic E-state index is 11.8. The average molecular weight is 266 g/mol. The first-order valence-corrected chi connectivity index (χ1v) is 5.66. The number of esters is 1. The van der Waals surface area contributed by atoms with Crippen LogP contribution in [0.15, 0.2) is 18.2 Å². The lowest BCUT2D eigenvalue weighted by molar-refractivity contribution is -0.384. The minimum Gasteiger partial charge on any atom is -0.459 e. The van der Waals surface area contributed by atoms with E-state index in [4.69, 9.17) is 10.5 Å². The first kappa shape index (κ1) is 14.6. The zero-order valence-electron chi connectivity index (χ0n) is 10.6. The van der Waals surface area contributed by atoms with Crippen LogP contribution in [0, 0.1) is 10.1 Å². The summed E-state index contributed by atoms with van der Waals surface area (Å²) in [4.78, 5) is 33.0. The molecule has 1 aromatic rings. The number of nitrogens with two attached hydrogens (primary N) is 1. The van der Waals surface area contributed by atoms with Crippen LogP contribution in [0.1, 0.15) is 41.0 Å². The van der Waals surface area contributed by atoms with Gasteiger partial charge in [-0.2, -0.15) is 0 Å². The van der Waals surface area contributed by atoms with E-state index < -0.39 is 16.8 Å². The standard InChI is InChI=1S/C12H14N2O5/c1-3-7(2)19-12(16)9-5-4-8(14(17)18)6-10(9)11(13)15/h4-7H,3H2,1-2H3,(H2,13,15). The first-order valence-electron chi connectivity index (χ1n) is 5.66. The molecular formula is C12H14N2O5. The summed E-state index contributed by atoms with van der Waals surface area (Å²) in [6, 6.07) is 3.26. The summed E-state index contributed by atoms with van der Waals surface area (Å²) in [7, 11) is 0. The van der Waals surface area contributed by atoms with Gasteiger partial charge in [0.1, 0.15) is 0 Å². The van der Waals surface area contributed by atoms with Crippen molar-refractivity contribution in [2.45, 2.75) is 26.4 Å². The van der Waals surface area contributed by atoms with E-state index >= 15 is 0 Å². The highest BCUT2D eigenvalue weighted by Gasteiger charge is 2.21. The number of nitrogens with zero attached hydrogens (tertiary/aromatic N) is 1. The van der Waals surface area contributed by atoms with Crippen LogP contribution < -0.4 is 5.73 Å². The van der Waals surface area contributed by atoms with Crippen LogP contribution >= 0.6 is 0 Å². The van der Waals surface area contributed by atoms with E-state index in [1.807, 2.05) is 6.92 Å². The van der Waals surface area contributed by atoms with Crippen molar-refractivity contribution in [1.82, 2.24) is 0 Å². The molecule has 102 valence electrons. The lowest BCUT2D eigenvalue weighted by Gasteiger charge is -2.12. The molecule has 0 bridgehead atoms. The molecule has 0 aliphatic rings. The zero-order valence-corrected chi connectivity index (χ0v) is 10.6. The quantitative estimate of drug-likeness (QED) is 0.494. The van der Waals surface area contributed by atoms with Crippen molar-refractivity contribution < 1.29 is 19.2 Å². The number of carbonyl (C=O) groups excluding carboxylic acids is 2. The Morgan fingerprint density at radius 1 is 1.42 bits per heavy atom. The number of nitro benzene ring substituents is 1. The third kappa shape index (κ3) is 3.51. The fraction of sp³-hybridized carbons (Fsp3) is 0.333. The van der Waals surface area contributed by atoms with E-state index in [1.54, 1.807) is 6.92 Å². The van der Waals surface area contributed by atoms with Crippen LogP contribution in [-0.2, 0) is 4.74 Å². The van der Waals surface area contributed by atoms with Crippen molar-refractivity contribution in [2.24, 2.45) is 5.73 Å². The normalized spacial score (nSPS) is 11.7. The first-order chi connectivity index (χ1) is 8.86. The third-order valence-electron chi connectivity index (χ3n) is 2.58. The Kier molecular flexibility index (Phi) is 4.57. The van der Waals surface area contributed by atoms with Gasteiger partial charge in [-0.05, 0) is 19.4 Å². The van der Waals surface area contributed by atoms with Gasteiger partial charge in [0.05, 0.1) is 22.2 Å². The van der Waals surface area contributed by atoms with Crippen molar-refractivity contribution in [3.63, 3.8) is 0 Å². The minimum atomic E-state index is -0.917. The lowest BCUT2D eigenvalue weighted by atomic mass is 10.1. The van der Waals surface area contributed by atoms with Crippen LogP contribution in [0.25, 0.3) is 0 Å². The molecule has 0 aliphatic carbocycles. The fourth-order valence-corrected chi connectivity index (χ4v) is 1.36. The maximum absolute atomic E-state index is 11.8. The van der Waals surface area contributed by atoms with E-state index in [1.165, 1.54) is 6.07 Å². The Balaban J connectivity index is 3.17. The van der Waals surface area contributed by atoms with Gasteiger partial charge in [-0.1, -0.05) is 6.92 Å². The van der Waals surface area contributed by atoms with E-state index in [2.05, 4.69) is 0 Å².